The van der Waals surface area contributed by atoms with E-state index in [2.05, 4.69) is 12.1 Å². The third kappa shape index (κ3) is 3.23. The van der Waals surface area contributed by atoms with E-state index in [-0.39, 0.29) is 10.6 Å². The van der Waals surface area contributed by atoms with Crippen LogP contribution in [0.25, 0.3) is 33.0 Å². The summed E-state index contributed by atoms with van der Waals surface area (Å²) in [6, 6.07) is 24.8. The summed E-state index contributed by atoms with van der Waals surface area (Å²) in [6.07, 6.45) is 2.30. The summed E-state index contributed by atoms with van der Waals surface area (Å²) in [4.78, 5) is 15.6. The molecule has 29 heavy (non-hydrogen) atoms. The van der Waals surface area contributed by atoms with Crippen molar-refractivity contribution in [2.24, 2.45) is 0 Å². The summed E-state index contributed by atoms with van der Waals surface area (Å²) in [5.41, 5.74) is 5.39. The van der Waals surface area contributed by atoms with Crippen LogP contribution in [0.5, 0.6) is 0 Å². The average Bonchev–Trinajstić information content (AvgIpc) is 3.22. The minimum absolute atomic E-state index is 0.0591. The standard InChI is InChI=1S/C24H16N2O3/c27-26(28)21-6-3-5-18(15-21)22-14-16(12-19-10-11-29-24(19)22)13-20-9-8-17-4-1-2-7-23(17)25-20/h1-12,14-15H,13H2. The third-order valence-corrected chi connectivity index (χ3v) is 5.02. The molecule has 2 aromatic heterocycles. The first-order chi connectivity index (χ1) is 14.2. The molecule has 0 atom stereocenters. The second-order valence-corrected chi connectivity index (χ2v) is 6.96. The van der Waals surface area contributed by atoms with E-state index in [1.165, 1.54) is 6.07 Å². The summed E-state index contributed by atoms with van der Waals surface area (Å²) in [5.74, 6) is 0. The molecule has 0 N–H and O–H groups in total. The topological polar surface area (TPSA) is 69.2 Å². The van der Waals surface area contributed by atoms with Gasteiger partial charge in [0.25, 0.3) is 5.69 Å². The van der Waals surface area contributed by atoms with Gasteiger partial charge in [-0.3, -0.25) is 15.1 Å². The quantitative estimate of drug-likeness (QED) is 0.277. The third-order valence-electron chi connectivity index (χ3n) is 5.02. The highest BCUT2D eigenvalue weighted by molar-refractivity contribution is 5.93. The van der Waals surface area contributed by atoms with Gasteiger partial charge in [0, 0.05) is 40.6 Å². The Morgan fingerprint density at radius 2 is 1.79 bits per heavy atom. The van der Waals surface area contributed by atoms with Crippen molar-refractivity contribution in [3.05, 3.63) is 106 Å². The van der Waals surface area contributed by atoms with Crippen molar-refractivity contribution in [2.45, 2.75) is 6.42 Å². The SMILES string of the molecule is O=[N+]([O-])c1cccc(-c2cc(Cc3ccc4ccccc4n3)cc3ccoc23)c1. The number of aromatic nitrogens is 1. The number of non-ortho nitro benzene ring substituents is 1. The molecule has 0 aliphatic carbocycles. The largest absolute Gasteiger partial charge is 0.464 e. The fraction of sp³-hybridized carbons (Fsp3) is 0.0417. The first kappa shape index (κ1) is 17.1. The van der Waals surface area contributed by atoms with Gasteiger partial charge in [0.1, 0.15) is 5.58 Å². The van der Waals surface area contributed by atoms with Gasteiger partial charge >= 0.3 is 0 Å². The Hall–Kier alpha value is -3.99. The number of hydrogen-bond acceptors (Lipinski definition) is 4. The lowest BCUT2D eigenvalue weighted by Crippen LogP contribution is -1.94. The Labute approximate surface area is 166 Å². The molecule has 0 radical (unpaired) electrons. The van der Waals surface area contributed by atoms with Crippen LogP contribution in [0.2, 0.25) is 0 Å². The molecular weight excluding hydrogens is 364 g/mol. The Kier molecular flexibility index (Phi) is 4.06. The molecule has 5 nitrogen and oxygen atoms in total. The lowest BCUT2D eigenvalue weighted by Gasteiger charge is -2.08. The van der Waals surface area contributed by atoms with Gasteiger partial charge in [0.05, 0.1) is 16.7 Å². The number of para-hydroxylation sites is 1. The Balaban J connectivity index is 1.60. The van der Waals surface area contributed by atoms with Gasteiger partial charge in [0.2, 0.25) is 0 Å². The fourth-order valence-corrected chi connectivity index (χ4v) is 3.66. The van der Waals surface area contributed by atoms with E-state index in [9.17, 15) is 10.1 Å². The molecule has 0 unspecified atom stereocenters. The predicted molar refractivity (Wildman–Crippen MR) is 113 cm³/mol. The molecule has 0 spiro atoms. The van der Waals surface area contributed by atoms with Crippen molar-refractivity contribution < 1.29 is 9.34 Å². The number of hydrogen-bond donors (Lipinski definition) is 0. The molecule has 0 bridgehead atoms. The molecular formula is C24H16N2O3. The van der Waals surface area contributed by atoms with E-state index >= 15 is 0 Å². The molecule has 0 saturated heterocycles. The van der Waals surface area contributed by atoms with Crippen LogP contribution in [-0.4, -0.2) is 9.91 Å². The first-order valence-corrected chi connectivity index (χ1v) is 9.27. The summed E-state index contributed by atoms with van der Waals surface area (Å²) in [5, 5.41) is 13.3. The van der Waals surface area contributed by atoms with Crippen molar-refractivity contribution in [3.63, 3.8) is 0 Å². The van der Waals surface area contributed by atoms with Gasteiger partial charge in [0.15, 0.2) is 0 Å². The minimum atomic E-state index is -0.383. The molecule has 5 aromatic rings. The maximum atomic E-state index is 11.2. The highest BCUT2D eigenvalue weighted by atomic mass is 16.6. The van der Waals surface area contributed by atoms with Gasteiger partial charge in [-0.05, 0) is 41.5 Å². The second-order valence-electron chi connectivity index (χ2n) is 6.96. The van der Waals surface area contributed by atoms with Crippen LogP contribution in [0.3, 0.4) is 0 Å². The van der Waals surface area contributed by atoms with Gasteiger partial charge in [-0.1, -0.05) is 36.4 Å². The van der Waals surface area contributed by atoms with E-state index in [4.69, 9.17) is 9.40 Å². The highest BCUT2D eigenvalue weighted by Crippen LogP contribution is 2.33. The second kappa shape index (κ2) is 6.87. The maximum Gasteiger partial charge on any atom is 0.270 e. The molecule has 0 amide bonds. The van der Waals surface area contributed by atoms with Crippen LogP contribution in [0, 0.1) is 10.1 Å². The summed E-state index contributed by atoms with van der Waals surface area (Å²) in [7, 11) is 0. The number of benzene rings is 3. The van der Waals surface area contributed by atoms with Crippen LogP contribution >= 0.6 is 0 Å². The van der Waals surface area contributed by atoms with Crippen LogP contribution in [0.1, 0.15) is 11.3 Å². The smallest absolute Gasteiger partial charge is 0.270 e. The van der Waals surface area contributed by atoms with Crippen molar-refractivity contribution in [1.29, 1.82) is 0 Å². The lowest BCUT2D eigenvalue weighted by molar-refractivity contribution is -0.384. The summed E-state index contributed by atoms with van der Waals surface area (Å²) < 4.78 is 5.68. The van der Waals surface area contributed by atoms with Crippen molar-refractivity contribution in [1.82, 2.24) is 4.98 Å². The van der Waals surface area contributed by atoms with E-state index in [1.807, 2.05) is 48.5 Å². The first-order valence-electron chi connectivity index (χ1n) is 9.27. The van der Waals surface area contributed by atoms with Crippen molar-refractivity contribution in [3.8, 4) is 11.1 Å². The zero-order valence-electron chi connectivity index (χ0n) is 15.4. The minimum Gasteiger partial charge on any atom is -0.464 e. The van der Waals surface area contributed by atoms with E-state index in [1.54, 1.807) is 18.4 Å². The molecule has 2 heterocycles. The van der Waals surface area contributed by atoms with E-state index < -0.39 is 0 Å². The zero-order valence-corrected chi connectivity index (χ0v) is 15.4. The van der Waals surface area contributed by atoms with Crippen molar-refractivity contribution in [2.75, 3.05) is 0 Å². The molecule has 140 valence electrons. The number of nitro groups is 1. The molecule has 0 saturated carbocycles. The van der Waals surface area contributed by atoms with Gasteiger partial charge in [-0.25, -0.2) is 0 Å². The zero-order chi connectivity index (χ0) is 19.8. The van der Waals surface area contributed by atoms with Gasteiger partial charge < -0.3 is 4.42 Å². The predicted octanol–water partition coefficient (Wildman–Crippen LogP) is 6.15. The normalized spacial score (nSPS) is 11.2. The summed E-state index contributed by atoms with van der Waals surface area (Å²) in [6.45, 7) is 0. The number of nitrogens with zero attached hydrogens (tertiary/aromatic N) is 2. The molecule has 3 aromatic carbocycles. The molecule has 0 aliphatic rings. The van der Waals surface area contributed by atoms with E-state index in [0.717, 1.165) is 44.3 Å². The number of rotatable bonds is 4. The lowest BCUT2D eigenvalue weighted by atomic mass is 9.97. The Bertz CT molecular complexity index is 1370. The van der Waals surface area contributed by atoms with Crippen LogP contribution in [0.15, 0.2) is 89.5 Å². The number of fused-ring (bicyclic) bond motifs is 2. The number of pyridine rings is 1. The number of furan rings is 1. The van der Waals surface area contributed by atoms with Crippen LogP contribution in [0.4, 0.5) is 5.69 Å². The number of nitro benzene ring substituents is 1. The van der Waals surface area contributed by atoms with Gasteiger partial charge in [-0.15, -0.1) is 0 Å². The molecule has 0 fully saturated rings. The Morgan fingerprint density at radius 1 is 0.897 bits per heavy atom. The molecule has 5 heteroatoms. The van der Waals surface area contributed by atoms with Crippen LogP contribution < -0.4 is 0 Å². The van der Waals surface area contributed by atoms with E-state index in [0.29, 0.717) is 6.42 Å². The monoisotopic (exact) mass is 380 g/mol. The maximum absolute atomic E-state index is 11.2. The summed E-state index contributed by atoms with van der Waals surface area (Å²) >= 11 is 0. The molecule has 5 rings (SSSR count). The highest BCUT2D eigenvalue weighted by Gasteiger charge is 2.13. The van der Waals surface area contributed by atoms with Crippen LogP contribution in [-0.2, 0) is 6.42 Å². The van der Waals surface area contributed by atoms with Gasteiger partial charge in [-0.2, -0.15) is 0 Å². The average molecular weight is 380 g/mol. The van der Waals surface area contributed by atoms with Crippen molar-refractivity contribution >= 4 is 27.6 Å². The Morgan fingerprint density at radius 3 is 2.69 bits per heavy atom. The molecule has 0 aliphatic heterocycles. The fourth-order valence-electron chi connectivity index (χ4n) is 3.66.